The number of aromatic nitrogens is 2. The van der Waals surface area contributed by atoms with Crippen molar-refractivity contribution in [2.24, 2.45) is 13.0 Å². The van der Waals surface area contributed by atoms with Crippen LogP contribution in [0.5, 0.6) is 0 Å². The molecule has 0 N–H and O–H groups in total. The Morgan fingerprint density at radius 2 is 2.00 bits per heavy atom. The number of carbonyl (C=O) groups excluding carboxylic acids is 1. The predicted molar refractivity (Wildman–Crippen MR) is 79.2 cm³/mol. The molecule has 2 atom stereocenters. The Kier molecular flexibility index (Phi) is 4.32. The van der Waals surface area contributed by atoms with E-state index in [9.17, 15) is 14.4 Å². The van der Waals surface area contributed by atoms with Gasteiger partial charge in [0.1, 0.15) is 6.54 Å². The lowest BCUT2D eigenvalue weighted by Crippen LogP contribution is -2.41. The van der Waals surface area contributed by atoms with E-state index in [1.54, 1.807) is 4.90 Å². The SMILES string of the molecule is C[C@H]1CN(C(=O)Cn2ccc(=O)n(C)c2=O)C[C@@H]1N(C)C. The first-order valence-corrected chi connectivity index (χ1v) is 7.02. The zero-order valence-electron chi connectivity index (χ0n) is 12.9. The van der Waals surface area contributed by atoms with Crippen LogP contribution in [0.4, 0.5) is 0 Å². The molecule has 0 saturated carbocycles. The van der Waals surface area contributed by atoms with Gasteiger partial charge in [-0.1, -0.05) is 6.92 Å². The Morgan fingerprint density at radius 3 is 2.57 bits per heavy atom. The van der Waals surface area contributed by atoms with E-state index in [-0.39, 0.29) is 18.0 Å². The van der Waals surface area contributed by atoms with E-state index in [2.05, 4.69) is 11.8 Å². The van der Waals surface area contributed by atoms with Crippen LogP contribution < -0.4 is 11.2 Å². The largest absolute Gasteiger partial charge is 0.339 e. The van der Waals surface area contributed by atoms with Crippen molar-refractivity contribution in [3.8, 4) is 0 Å². The normalized spacial score (nSPS) is 22.0. The standard InChI is InChI=1S/C14H22N4O3/c1-10-7-18(8-11(10)15(2)3)13(20)9-17-6-5-12(19)16(4)14(17)21/h5-6,10-11H,7-9H2,1-4H3/t10-,11-/m0/s1. The second-order valence-corrected chi connectivity index (χ2v) is 5.93. The molecular formula is C14H22N4O3. The van der Waals surface area contributed by atoms with Gasteiger partial charge in [0.05, 0.1) is 0 Å². The first kappa shape index (κ1) is 15.5. The van der Waals surface area contributed by atoms with Crippen LogP contribution >= 0.6 is 0 Å². The van der Waals surface area contributed by atoms with Crippen molar-refractivity contribution in [1.29, 1.82) is 0 Å². The Morgan fingerprint density at radius 1 is 1.33 bits per heavy atom. The Hall–Kier alpha value is -1.89. The second kappa shape index (κ2) is 5.85. The van der Waals surface area contributed by atoms with Gasteiger partial charge in [-0.25, -0.2) is 4.79 Å². The molecule has 1 aromatic rings. The molecule has 0 aliphatic carbocycles. The third kappa shape index (κ3) is 3.07. The Labute approximate surface area is 123 Å². The molecule has 116 valence electrons. The molecular weight excluding hydrogens is 272 g/mol. The van der Waals surface area contributed by atoms with E-state index in [0.717, 1.165) is 4.57 Å². The molecule has 1 aliphatic rings. The van der Waals surface area contributed by atoms with E-state index in [4.69, 9.17) is 0 Å². The van der Waals surface area contributed by atoms with Crippen LogP contribution in [0.2, 0.25) is 0 Å². The quantitative estimate of drug-likeness (QED) is 0.714. The summed E-state index contributed by atoms with van der Waals surface area (Å²) in [4.78, 5) is 39.5. The van der Waals surface area contributed by atoms with Gasteiger partial charge in [-0.05, 0) is 20.0 Å². The molecule has 0 unspecified atom stereocenters. The lowest BCUT2D eigenvalue weighted by atomic mass is 10.1. The number of amides is 1. The minimum atomic E-state index is -0.466. The van der Waals surface area contributed by atoms with Crippen LogP contribution in [-0.2, 0) is 18.4 Å². The smallest absolute Gasteiger partial charge is 0.331 e. The summed E-state index contributed by atoms with van der Waals surface area (Å²) in [5.74, 6) is 0.313. The summed E-state index contributed by atoms with van der Waals surface area (Å²) in [6.07, 6.45) is 1.38. The van der Waals surface area contributed by atoms with Gasteiger partial charge >= 0.3 is 5.69 Å². The topological polar surface area (TPSA) is 67.5 Å². The first-order chi connectivity index (χ1) is 9.81. The van der Waals surface area contributed by atoms with Crippen LogP contribution in [0, 0.1) is 5.92 Å². The number of hydrogen-bond acceptors (Lipinski definition) is 4. The van der Waals surface area contributed by atoms with E-state index in [1.165, 1.54) is 23.9 Å². The average molecular weight is 294 g/mol. The molecule has 2 heterocycles. The molecule has 1 fully saturated rings. The van der Waals surface area contributed by atoms with E-state index >= 15 is 0 Å². The van der Waals surface area contributed by atoms with Crippen molar-refractivity contribution < 1.29 is 4.79 Å². The fourth-order valence-corrected chi connectivity index (χ4v) is 2.81. The molecule has 0 aromatic carbocycles. The average Bonchev–Trinajstić information content (AvgIpc) is 2.82. The highest BCUT2D eigenvalue weighted by atomic mass is 16.2. The van der Waals surface area contributed by atoms with E-state index in [0.29, 0.717) is 25.0 Å². The molecule has 7 heteroatoms. The molecule has 7 nitrogen and oxygen atoms in total. The lowest BCUT2D eigenvalue weighted by molar-refractivity contribution is -0.131. The lowest BCUT2D eigenvalue weighted by Gasteiger charge is -2.22. The zero-order valence-corrected chi connectivity index (χ0v) is 12.9. The summed E-state index contributed by atoms with van der Waals surface area (Å²) in [5.41, 5.74) is -0.835. The monoisotopic (exact) mass is 294 g/mol. The minimum Gasteiger partial charge on any atom is -0.339 e. The number of likely N-dealkylation sites (tertiary alicyclic amines) is 1. The maximum atomic E-state index is 12.3. The van der Waals surface area contributed by atoms with Gasteiger partial charge in [-0.3, -0.25) is 18.7 Å². The highest BCUT2D eigenvalue weighted by Crippen LogP contribution is 2.20. The fraction of sp³-hybridized carbons (Fsp3) is 0.643. The van der Waals surface area contributed by atoms with Crippen molar-refractivity contribution in [3.05, 3.63) is 33.1 Å². The van der Waals surface area contributed by atoms with E-state index < -0.39 is 5.69 Å². The van der Waals surface area contributed by atoms with Crippen LogP contribution in [0.25, 0.3) is 0 Å². The highest BCUT2D eigenvalue weighted by Gasteiger charge is 2.33. The summed E-state index contributed by atoms with van der Waals surface area (Å²) in [6.45, 7) is 3.46. The molecule has 1 saturated heterocycles. The molecule has 1 amide bonds. The van der Waals surface area contributed by atoms with Crippen molar-refractivity contribution in [2.45, 2.75) is 19.5 Å². The summed E-state index contributed by atoms with van der Waals surface area (Å²) in [5, 5.41) is 0. The number of nitrogens with zero attached hydrogens (tertiary/aromatic N) is 4. The third-order valence-corrected chi connectivity index (χ3v) is 4.15. The molecule has 0 bridgehead atoms. The van der Waals surface area contributed by atoms with Crippen molar-refractivity contribution in [3.63, 3.8) is 0 Å². The van der Waals surface area contributed by atoms with Gasteiger partial charge in [-0.2, -0.15) is 0 Å². The molecule has 21 heavy (non-hydrogen) atoms. The maximum Gasteiger partial charge on any atom is 0.331 e. The van der Waals surface area contributed by atoms with Gasteiger partial charge in [0.25, 0.3) is 5.56 Å². The van der Waals surface area contributed by atoms with Crippen LogP contribution in [0.15, 0.2) is 21.9 Å². The molecule has 2 rings (SSSR count). The number of rotatable bonds is 3. The third-order valence-electron chi connectivity index (χ3n) is 4.15. The molecule has 1 aromatic heterocycles. The van der Waals surface area contributed by atoms with Crippen molar-refractivity contribution >= 4 is 5.91 Å². The van der Waals surface area contributed by atoms with Gasteiger partial charge in [-0.15, -0.1) is 0 Å². The summed E-state index contributed by atoms with van der Waals surface area (Å²) in [7, 11) is 5.42. The second-order valence-electron chi connectivity index (χ2n) is 5.93. The van der Waals surface area contributed by atoms with Gasteiger partial charge < -0.3 is 9.80 Å². The zero-order chi connectivity index (χ0) is 15.7. The fourth-order valence-electron chi connectivity index (χ4n) is 2.81. The van der Waals surface area contributed by atoms with Crippen molar-refractivity contribution in [1.82, 2.24) is 18.9 Å². The summed E-state index contributed by atoms with van der Waals surface area (Å²) in [6, 6.07) is 1.63. The summed E-state index contributed by atoms with van der Waals surface area (Å²) >= 11 is 0. The Bertz CT molecular complexity index is 646. The minimum absolute atomic E-state index is 0.0280. The van der Waals surface area contributed by atoms with Crippen LogP contribution in [0.3, 0.4) is 0 Å². The first-order valence-electron chi connectivity index (χ1n) is 7.02. The Balaban J connectivity index is 2.12. The summed E-state index contributed by atoms with van der Waals surface area (Å²) < 4.78 is 2.28. The predicted octanol–water partition coefficient (Wildman–Crippen LogP) is -1.04. The van der Waals surface area contributed by atoms with Crippen LogP contribution in [-0.4, -0.2) is 58.1 Å². The maximum absolute atomic E-state index is 12.3. The van der Waals surface area contributed by atoms with E-state index in [1.807, 2.05) is 14.1 Å². The number of carbonyl (C=O) groups is 1. The van der Waals surface area contributed by atoms with Gasteiger partial charge in [0, 0.05) is 38.4 Å². The highest BCUT2D eigenvalue weighted by molar-refractivity contribution is 5.76. The van der Waals surface area contributed by atoms with Gasteiger partial charge in [0.15, 0.2) is 0 Å². The van der Waals surface area contributed by atoms with Crippen molar-refractivity contribution in [2.75, 3.05) is 27.2 Å². The van der Waals surface area contributed by atoms with Crippen LogP contribution in [0.1, 0.15) is 6.92 Å². The molecule has 0 spiro atoms. The van der Waals surface area contributed by atoms with Gasteiger partial charge in [0.2, 0.25) is 5.91 Å². The molecule has 0 radical (unpaired) electrons. The molecule has 1 aliphatic heterocycles. The number of hydrogen-bond donors (Lipinski definition) is 0. The number of likely N-dealkylation sites (N-methyl/N-ethyl adjacent to an activating group) is 1.